The molecule has 5 nitrogen and oxygen atoms in total. The van der Waals surface area contributed by atoms with Crippen molar-refractivity contribution >= 4 is 12.1 Å². The minimum Gasteiger partial charge on any atom is -0.667 e. The fourth-order valence-electron chi connectivity index (χ4n) is 0.779. The Bertz CT molecular complexity index is 367. The second-order valence-electron chi connectivity index (χ2n) is 3.28. The minimum absolute atomic E-state index is 0. The molecule has 0 aliphatic carbocycles. The Kier molecular flexibility index (Phi) is 10.8. The van der Waals surface area contributed by atoms with E-state index in [1.807, 2.05) is 0 Å². The van der Waals surface area contributed by atoms with Gasteiger partial charge in [0.25, 0.3) is 0 Å². The molecule has 1 aromatic heterocycles. The molecule has 1 unspecified atom stereocenters. The number of halogens is 2. The number of carbonyl (C=O) groups is 1. The monoisotopic (exact) mass is 352 g/mol. The quantitative estimate of drug-likeness (QED) is 0.651. The molecule has 0 aliphatic heterocycles. The number of carbonyl (C=O) groups excluding carboxylic acids is 1. The van der Waals surface area contributed by atoms with Gasteiger partial charge in [-0.1, -0.05) is 6.04 Å². The first kappa shape index (κ1) is 19.4. The van der Waals surface area contributed by atoms with Crippen molar-refractivity contribution in [2.24, 2.45) is 0 Å². The summed E-state index contributed by atoms with van der Waals surface area (Å²) in [5, 5.41) is 7.92. The van der Waals surface area contributed by atoms with E-state index in [9.17, 15) is 13.6 Å². The van der Waals surface area contributed by atoms with Crippen LogP contribution in [0.15, 0.2) is 12.3 Å². The first-order valence-electron chi connectivity index (χ1n) is 4.68. The van der Waals surface area contributed by atoms with Gasteiger partial charge in [0.15, 0.2) is 11.6 Å². The molecule has 0 spiro atoms. The summed E-state index contributed by atoms with van der Waals surface area (Å²) in [5.41, 5.74) is 6.45. The Morgan fingerprint density at radius 2 is 2.11 bits per heavy atom. The normalized spacial score (nSPS) is 10.6. The molecular weight excluding hydrogens is 339 g/mol. The maximum absolute atomic E-state index is 12.8. The number of pyridine rings is 1. The number of nitrogens with one attached hydrogen (secondary N) is 1. The van der Waals surface area contributed by atoms with Crippen molar-refractivity contribution in [1.29, 1.82) is 0 Å². The van der Waals surface area contributed by atoms with Gasteiger partial charge in [0.1, 0.15) is 12.1 Å². The maximum atomic E-state index is 12.8. The van der Waals surface area contributed by atoms with Gasteiger partial charge in [0, 0.05) is 47.2 Å². The van der Waals surface area contributed by atoms with Gasteiger partial charge in [-0.15, -0.1) is 0 Å². The average Bonchev–Trinajstić information content (AvgIpc) is 2.28. The molecule has 0 amide bonds. The molecule has 0 saturated carbocycles. The van der Waals surface area contributed by atoms with Crippen LogP contribution in [0.1, 0.15) is 0 Å². The summed E-state index contributed by atoms with van der Waals surface area (Å²) in [7, 11) is 3.28. The number of aromatic nitrogens is 1. The largest absolute Gasteiger partial charge is 0.667 e. The van der Waals surface area contributed by atoms with Crippen molar-refractivity contribution in [2.75, 3.05) is 25.6 Å². The fourth-order valence-corrected chi connectivity index (χ4v) is 0.779. The fraction of sp³-hybridized carbons (Fsp3) is 0.400. The van der Waals surface area contributed by atoms with E-state index in [0.717, 1.165) is 12.3 Å². The molecule has 1 heterocycles. The zero-order valence-electron chi connectivity index (χ0n) is 9.84. The van der Waals surface area contributed by atoms with Crippen LogP contribution in [0, 0.1) is 11.6 Å². The summed E-state index contributed by atoms with van der Waals surface area (Å²) in [6.45, 7) is -0.372. The van der Waals surface area contributed by atoms with E-state index in [1.165, 1.54) is 4.90 Å². The van der Waals surface area contributed by atoms with Crippen LogP contribution in [-0.4, -0.2) is 43.1 Å². The smallest absolute Gasteiger partial charge is 0.168 e. The number of aliphatic hydroxyl groups excluding tert-OH is 1. The Morgan fingerprint density at radius 3 is 2.39 bits per heavy atom. The number of aldehydes is 1. The molecule has 0 radical (unpaired) electrons. The molecule has 0 fully saturated rings. The van der Waals surface area contributed by atoms with E-state index >= 15 is 0 Å². The molecule has 0 aliphatic rings. The molecule has 2 N–H and O–H groups in total. The van der Waals surface area contributed by atoms with Crippen molar-refractivity contribution in [1.82, 2.24) is 4.98 Å². The summed E-state index contributed by atoms with van der Waals surface area (Å²) in [5.74, 6) is -1.16. The van der Waals surface area contributed by atoms with Crippen molar-refractivity contribution in [3.8, 4) is 0 Å². The van der Waals surface area contributed by atoms with Crippen LogP contribution < -0.4 is 4.90 Å². The van der Waals surface area contributed by atoms with Crippen molar-refractivity contribution in [2.45, 2.75) is 6.04 Å². The molecule has 106 valence electrons. The molecule has 1 aromatic rings. The molecule has 8 heteroatoms. The second-order valence-corrected chi connectivity index (χ2v) is 3.28. The summed E-state index contributed by atoms with van der Waals surface area (Å²) in [6.07, 6.45) is 1.37. The zero-order valence-corrected chi connectivity index (χ0v) is 11.4. The van der Waals surface area contributed by atoms with E-state index in [1.54, 1.807) is 14.1 Å². The van der Waals surface area contributed by atoms with Crippen LogP contribution >= 0.6 is 0 Å². The van der Waals surface area contributed by atoms with Gasteiger partial charge >= 0.3 is 0 Å². The van der Waals surface area contributed by atoms with Crippen molar-refractivity contribution in [3.05, 3.63) is 29.6 Å². The van der Waals surface area contributed by atoms with Gasteiger partial charge in [-0.05, 0) is 0 Å². The number of hydrogen-bond donors (Lipinski definition) is 1. The van der Waals surface area contributed by atoms with Crippen molar-refractivity contribution in [3.63, 3.8) is 0 Å². The SMILES string of the molecule is CN(C)c1ncc(F)cc1F.[NH-]C(C=O)CO.[Pd]. The first-order valence-corrected chi connectivity index (χ1v) is 4.68. The van der Waals surface area contributed by atoms with Crippen LogP contribution in [0.25, 0.3) is 5.73 Å². The number of rotatable bonds is 3. The molecule has 18 heavy (non-hydrogen) atoms. The molecule has 1 atom stereocenters. The van der Waals surface area contributed by atoms with E-state index in [-0.39, 0.29) is 32.8 Å². The van der Waals surface area contributed by atoms with Crippen molar-refractivity contribution < 1.29 is 39.1 Å². The molecular formula is C10H14F2N3O2Pd-. The van der Waals surface area contributed by atoms with Gasteiger partial charge in [0.2, 0.25) is 0 Å². The number of anilines is 1. The van der Waals surface area contributed by atoms with Gasteiger partial charge in [-0.3, -0.25) is 0 Å². The van der Waals surface area contributed by atoms with E-state index in [0.29, 0.717) is 6.29 Å². The summed E-state index contributed by atoms with van der Waals surface area (Å²) in [4.78, 5) is 14.4. The Morgan fingerprint density at radius 1 is 1.56 bits per heavy atom. The summed E-state index contributed by atoms with van der Waals surface area (Å²) >= 11 is 0. The third-order valence-electron chi connectivity index (χ3n) is 1.57. The van der Waals surface area contributed by atoms with Gasteiger partial charge in [-0.25, -0.2) is 13.8 Å². The minimum atomic E-state index is -0.940. The third kappa shape index (κ3) is 7.40. The van der Waals surface area contributed by atoms with Gasteiger partial charge in [0.05, 0.1) is 6.20 Å². The summed E-state index contributed by atoms with van der Waals surface area (Å²) in [6, 6.07) is -0.132. The Balaban J connectivity index is 0. The molecule has 0 saturated heterocycles. The Labute approximate surface area is 118 Å². The van der Waals surface area contributed by atoms with Crippen LogP contribution in [0.2, 0.25) is 0 Å². The van der Waals surface area contributed by atoms with E-state index in [2.05, 4.69) is 4.98 Å². The topological polar surface area (TPSA) is 77.2 Å². The van der Waals surface area contributed by atoms with Gasteiger partial charge < -0.3 is 20.5 Å². The average molecular weight is 353 g/mol. The predicted octanol–water partition coefficient (Wildman–Crippen LogP) is 1.02. The van der Waals surface area contributed by atoms with Crippen LogP contribution in [0.4, 0.5) is 14.6 Å². The molecule has 0 aromatic carbocycles. The van der Waals surface area contributed by atoms with Crippen LogP contribution in [0.3, 0.4) is 0 Å². The standard InChI is InChI=1S/C7H8F2N2.C3H6NO2.Pd/c1-11(2)7-6(9)3-5(8)4-10-7;4-3(1-5)2-6;/h3-4H,1-2H3;1,3-4,6H,2H2;/q;-1;. The van der Waals surface area contributed by atoms with Crippen LogP contribution in [0.5, 0.6) is 0 Å². The first-order chi connectivity index (χ1) is 7.92. The number of hydrogen-bond acceptors (Lipinski definition) is 4. The van der Waals surface area contributed by atoms with E-state index in [4.69, 9.17) is 10.8 Å². The third-order valence-corrected chi connectivity index (χ3v) is 1.57. The summed E-state index contributed by atoms with van der Waals surface area (Å²) < 4.78 is 25.0. The molecule has 1 rings (SSSR count). The Hall–Kier alpha value is -0.938. The predicted molar refractivity (Wildman–Crippen MR) is 59.7 cm³/mol. The zero-order chi connectivity index (χ0) is 13.4. The maximum Gasteiger partial charge on any atom is 0.168 e. The van der Waals surface area contributed by atoms with Gasteiger partial charge in [-0.2, -0.15) is 0 Å². The van der Waals surface area contributed by atoms with Crippen LogP contribution in [-0.2, 0) is 25.2 Å². The number of aliphatic hydroxyl groups is 1. The van der Waals surface area contributed by atoms with E-state index < -0.39 is 17.7 Å². The molecule has 0 bridgehead atoms. The number of nitrogens with zero attached hydrogens (tertiary/aromatic N) is 2. The second kappa shape index (κ2) is 10.0.